The van der Waals surface area contributed by atoms with Crippen molar-refractivity contribution in [3.05, 3.63) is 30.1 Å². The van der Waals surface area contributed by atoms with Crippen molar-refractivity contribution in [2.45, 2.75) is 24.7 Å². The zero-order valence-corrected chi connectivity index (χ0v) is 12.3. The summed E-state index contributed by atoms with van der Waals surface area (Å²) in [5.74, 6) is 2.02. The fraction of sp³-hybridized carbons (Fsp3) is 0.385. The van der Waals surface area contributed by atoms with E-state index in [9.17, 15) is 5.11 Å². The summed E-state index contributed by atoms with van der Waals surface area (Å²) in [7, 11) is 1.63. The molecule has 0 amide bonds. The van der Waals surface area contributed by atoms with Gasteiger partial charge >= 0.3 is 0 Å². The van der Waals surface area contributed by atoms with E-state index >= 15 is 0 Å². The van der Waals surface area contributed by atoms with Crippen molar-refractivity contribution >= 4 is 11.8 Å². The number of hydrogen-bond acceptors (Lipinski definition) is 6. The van der Waals surface area contributed by atoms with Gasteiger partial charge in [0, 0.05) is 11.4 Å². The Bertz CT molecular complexity index is 554. The Hall–Kier alpha value is -1.57. The van der Waals surface area contributed by atoms with Crippen molar-refractivity contribution in [3.63, 3.8) is 0 Å². The van der Waals surface area contributed by atoms with Gasteiger partial charge in [-0.15, -0.1) is 10.2 Å². The number of ether oxygens (including phenoxy) is 1. The molecule has 7 heteroatoms. The van der Waals surface area contributed by atoms with Gasteiger partial charge in [-0.25, -0.2) is 0 Å². The van der Waals surface area contributed by atoms with E-state index in [0.29, 0.717) is 18.1 Å². The summed E-state index contributed by atoms with van der Waals surface area (Å²) in [4.78, 5) is 0. The first-order valence-corrected chi connectivity index (χ1v) is 7.24. The molecule has 2 rings (SSSR count). The third-order valence-corrected chi connectivity index (χ3v) is 3.84. The van der Waals surface area contributed by atoms with Crippen molar-refractivity contribution in [3.8, 4) is 11.4 Å². The molecule has 0 radical (unpaired) electrons. The van der Waals surface area contributed by atoms with E-state index in [-0.39, 0.29) is 0 Å². The SMILES string of the molecule is COc1ccc(-n2c(CN)nnc2SC[C@H](C)O)cc1. The van der Waals surface area contributed by atoms with Gasteiger partial charge in [0.1, 0.15) is 5.75 Å². The van der Waals surface area contributed by atoms with Crippen LogP contribution in [0, 0.1) is 0 Å². The maximum atomic E-state index is 9.39. The van der Waals surface area contributed by atoms with Crippen LogP contribution in [0.4, 0.5) is 0 Å². The Balaban J connectivity index is 2.33. The van der Waals surface area contributed by atoms with Gasteiger partial charge in [0.25, 0.3) is 0 Å². The molecule has 1 heterocycles. The van der Waals surface area contributed by atoms with E-state index in [0.717, 1.165) is 16.6 Å². The summed E-state index contributed by atoms with van der Waals surface area (Å²) in [5, 5.41) is 18.3. The summed E-state index contributed by atoms with van der Waals surface area (Å²) in [5.41, 5.74) is 6.63. The molecule has 0 aliphatic heterocycles. The number of aliphatic hydroxyl groups is 1. The smallest absolute Gasteiger partial charge is 0.195 e. The van der Waals surface area contributed by atoms with Gasteiger partial charge in [0.05, 0.1) is 19.8 Å². The van der Waals surface area contributed by atoms with E-state index in [2.05, 4.69) is 10.2 Å². The van der Waals surface area contributed by atoms with Gasteiger partial charge in [-0.05, 0) is 31.2 Å². The molecule has 6 nitrogen and oxygen atoms in total. The minimum Gasteiger partial charge on any atom is -0.497 e. The van der Waals surface area contributed by atoms with Crippen LogP contribution in [-0.2, 0) is 6.54 Å². The predicted octanol–water partition coefficient (Wildman–Crippen LogP) is 1.21. The molecule has 0 saturated carbocycles. The van der Waals surface area contributed by atoms with Crippen LogP contribution in [0.2, 0.25) is 0 Å². The lowest BCUT2D eigenvalue weighted by Gasteiger charge is -2.10. The molecule has 1 aromatic carbocycles. The van der Waals surface area contributed by atoms with Gasteiger partial charge in [-0.3, -0.25) is 4.57 Å². The average molecular weight is 294 g/mol. The van der Waals surface area contributed by atoms with Gasteiger partial charge < -0.3 is 15.6 Å². The number of aromatic nitrogens is 3. The summed E-state index contributed by atoms with van der Waals surface area (Å²) in [6.07, 6.45) is -0.401. The fourth-order valence-electron chi connectivity index (χ4n) is 1.71. The maximum absolute atomic E-state index is 9.39. The lowest BCUT2D eigenvalue weighted by molar-refractivity contribution is 0.220. The van der Waals surface area contributed by atoms with Crippen molar-refractivity contribution in [1.29, 1.82) is 0 Å². The number of benzene rings is 1. The van der Waals surface area contributed by atoms with Gasteiger partial charge in [-0.1, -0.05) is 11.8 Å². The first kappa shape index (κ1) is 14.8. The van der Waals surface area contributed by atoms with Crippen LogP contribution in [0.3, 0.4) is 0 Å². The predicted molar refractivity (Wildman–Crippen MR) is 78.2 cm³/mol. The molecule has 0 fully saturated rings. The second-order valence-corrected chi connectivity index (χ2v) is 5.28. The third kappa shape index (κ3) is 3.30. The lowest BCUT2D eigenvalue weighted by atomic mass is 10.3. The highest BCUT2D eigenvalue weighted by Crippen LogP contribution is 2.24. The van der Waals surface area contributed by atoms with Crippen molar-refractivity contribution in [2.75, 3.05) is 12.9 Å². The van der Waals surface area contributed by atoms with Gasteiger partial charge in [0.2, 0.25) is 0 Å². The highest BCUT2D eigenvalue weighted by atomic mass is 32.2. The molecular weight excluding hydrogens is 276 g/mol. The third-order valence-electron chi connectivity index (χ3n) is 2.67. The summed E-state index contributed by atoms with van der Waals surface area (Å²) < 4.78 is 7.04. The van der Waals surface area contributed by atoms with E-state index < -0.39 is 6.10 Å². The Morgan fingerprint density at radius 3 is 2.60 bits per heavy atom. The molecule has 108 valence electrons. The van der Waals surface area contributed by atoms with E-state index in [1.54, 1.807) is 14.0 Å². The summed E-state index contributed by atoms with van der Waals surface area (Å²) >= 11 is 1.45. The maximum Gasteiger partial charge on any atom is 0.195 e. The Morgan fingerprint density at radius 2 is 2.05 bits per heavy atom. The normalized spacial score (nSPS) is 12.4. The molecule has 0 unspecified atom stereocenters. The van der Waals surface area contributed by atoms with Crippen molar-refractivity contribution in [1.82, 2.24) is 14.8 Å². The number of hydrogen-bond donors (Lipinski definition) is 2. The quantitative estimate of drug-likeness (QED) is 0.779. The molecule has 3 N–H and O–H groups in total. The average Bonchev–Trinajstić information content (AvgIpc) is 2.88. The van der Waals surface area contributed by atoms with Crippen LogP contribution in [0.25, 0.3) is 5.69 Å². The van der Waals surface area contributed by atoms with E-state index in [1.165, 1.54) is 11.8 Å². The van der Waals surface area contributed by atoms with Crippen LogP contribution in [-0.4, -0.2) is 38.8 Å². The van der Waals surface area contributed by atoms with E-state index in [4.69, 9.17) is 10.5 Å². The highest BCUT2D eigenvalue weighted by Gasteiger charge is 2.14. The molecule has 1 atom stereocenters. The van der Waals surface area contributed by atoms with Crippen LogP contribution < -0.4 is 10.5 Å². The number of rotatable bonds is 6. The van der Waals surface area contributed by atoms with Crippen LogP contribution in [0.5, 0.6) is 5.75 Å². The second-order valence-electron chi connectivity index (χ2n) is 4.30. The minimum atomic E-state index is -0.401. The van der Waals surface area contributed by atoms with Gasteiger partial charge in [-0.2, -0.15) is 0 Å². The molecule has 1 aromatic heterocycles. The van der Waals surface area contributed by atoms with Crippen LogP contribution >= 0.6 is 11.8 Å². The molecular formula is C13H18N4O2S. The number of nitrogens with two attached hydrogens (primary N) is 1. The van der Waals surface area contributed by atoms with Crippen LogP contribution in [0.1, 0.15) is 12.7 Å². The largest absolute Gasteiger partial charge is 0.497 e. The first-order chi connectivity index (χ1) is 9.65. The van der Waals surface area contributed by atoms with Crippen molar-refractivity contribution < 1.29 is 9.84 Å². The zero-order chi connectivity index (χ0) is 14.5. The molecule has 2 aromatic rings. The fourth-order valence-corrected chi connectivity index (χ4v) is 2.54. The highest BCUT2D eigenvalue weighted by molar-refractivity contribution is 7.99. The number of nitrogens with zero attached hydrogens (tertiary/aromatic N) is 3. The minimum absolute atomic E-state index is 0.300. The first-order valence-electron chi connectivity index (χ1n) is 6.25. The molecule has 0 aliphatic carbocycles. The van der Waals surface area contributed by atoms with E-state index in [1.807, 2.05) is 28.8 Å². The zero-order valence-electron chi connectivity index (χ0n) is 11.5. The number of aliphatic hydroxyl groups excluding tert-OH is 1. The lowest BCUT2D eigenvalue weighted by Crippen LogP contribution is -2.09. The molecule has 0 bridgehead atoms. The molecule has 0 aliphatic rings. The summed E-state index contributed by atoms with van der Waals surface area (Å²) in [6, 6.07) is 7.60. The van der Waals surface area contributed by atoms with Crippen molar-refractivity contribution in [2.24, 2.45) is 5.73 Å². The Labute approximate surface area is 122 Å². The Kier molecular flexibility index (Phi) is 4.99. The number of thioether (sulfide) groups is 1. The molecule has 0 spiro atoms. The number of methoxy groups -OCH3 is 1. The van der Waals surface area contributed by atoms with Gasteiger partial charge in [0.15, 0.2) is 11.0 Å². The molecule has 20 heavy (non-hydrogen) atoms. The Morgan fingerprint density at radius 1 is 1.35 bits per heavy atom. The standard InChI is InChI=1S/C13H18N4O2S/c1-9(18)8-20-13-16-15-12(7-14)17(13)10-3-5-11(19-2)6-4-10/h3-6,9,18H,7-8,14H2,1-2H3/t9-/m0/s1. The molecule has 0 saturated heterocycles. The summed E-state index contributed by atoms with van der Waals surface area (Å²) in [6.45, 7) is 2.04. The van der Waals surface area contributed by atoms with Crippen LogP contribution in [0.15, 0.2) is 29.4 Å². The monoisotopic (exact) mass is 294 g/mol. The second kappa shape index (κ2) is 6.74. The topological polar surface area (TPSA) is 86.2 Å².